The summed E-state index contributed by atoms with van der Waals surface area (Å²) in [6.07, 6.45) is -8.27. The summed E-state index contributed by atoms with van der Waals surface area (Å²) in [7, 11) is 0. The lowest BCUT2D eigenvalue weighted by Crippen LogP contribution is -2.21. The van der Waals surface area contributed by atoms with E-state index in [0.717, 1.165) is 0 Å². The van der Waals surface area contributed by atoms with E-state index in [1.54, 1.807) is 0 Å². The maximum atomic E-state index is 11.0. The molecule has 0 fully saturated rings. The number of halogens is 4. The van der Waals surface area contributed by atoms with E-state index in [1.807, 2.05) is 4.89 Å². The molecule has 0 amide bonds. The summed E-state index contributed by atoms with van der Waals surface area (Å²) in [5, 5.41) is 8.64. The van der Waals surface area contributed by atoms with Crippen LogP contribution in [-0.2, 0) is 10.1 Å². The lowest BCUT2D eigenvalue weighted by molar-refractivity contribution is -0.456. The van der Waals surface area contributed by atoms with E-state index in [1.165, 1.54) is 0 Å². The summed E-state index contributed by atoms with van der Waals surface area (Å²) in [4.78, 5) is 1.83. The van der Waals surface area contributed by atoms with E-state index < -0.39 is 12.5 Å². The molecule has 0 heterocycles. The summed E-state index contributed by atoms with van der Waals surface area (Å²) in [6, 6.07) is 0. The van der Waals surface area contributed by atoms with Crippen molar-refractivity contribution >= 4 is 0 Å². The number of alkyl halides is 2. The first-order chi connectivity index (χ1) is 3.50. The van der Waals surface area contributed by atoms with Crippen LogP contribution in [-0.4, -0.2) is 6.11 Å². The molecule has 0 saturated carbocycles. The zero-order valence-electron chi connectivity index (χ0n) is 3.33. The minimum absolute atomic E-state index is 1.83. The minimum atomic E-state index is -4.93. The van der Waals surface area contributed by atoms with Crippen molar-refractivity contribution in [2.75, 3.05) is 0 Å². The van der Waals surface area contributed by atoms with Crippen LogP contribution in [0.5, 0.6) is 0 Å². The first-order valence-corrected chi connectivity index (χ1v) is 1.38. The van der Waals surface area contributed by atoms with E-state index in [4.69, 9.17) is 5.26 Å². The van der Waals surface area contributed by atoms with Gasteiger partial charge in [-0.3, -0.25) is 0 Å². The summed E-state index contributed by atoms with van der Waals surface area (Å²) in [6.45, 7) is 0. The lowest BCUT2D eigenvalue weighted by Gasteiger charge is -2.04. The van der Waals surface area contributed by atoms with Crippen LogP contribution in [0.15, 0.2) is 0 Å². The molecule has 48 valence electrons. The van der Waals surface area contributed by atoms with Crippen LogP contribution in [0.4, 0.5) is 17.6 Å². The molecule has 8 heavy (non-hydrogen) atoms. The quantitative estimate of drug-likeness (QED) is 0.317. The molecule has 0 aliphatic carbocycles. The van der Waals surface area contributed by atoms with Crippen LogP contribution in [0.3, 0.4) is 0 Å². The maximum absolute atomic E-state index is 11.0. The van der Waals surface area contributed by atoms with Crippen LogP contribution >= 0.6 is 0 Å². The number of rotatable bonds is 2. The second-order valence-corrected chi connectivity index (χ2v) is 0.861. The van der Waals surface area contributed by atoms with E-state index >= 15 is 0 Å². The molecule has 0 rings (SSSR count). The topological polar surface area (TPSA) is 29.1 Å². The molecule has 0 N–H and O–H groups in total. The van der Waals surface area contributed by atoms with Gasteiger partial charge >= 0.3 is 12.5 Å². The Kier molecular flexibility index (Phi) is 2.17. The van der Waals surface area contributed by atoms with Gasteiger partial charge < -0.3 is 0 Å². The van der Waals surface area contributed by atoms with E-state index in [0.29, 0.717) is 0 Å². The van der Waals surface area contributed by atoms with Crippen molar-refractivity contribution in [2.45, 2.75) is 6.11 Å². The van der Waals surface area contributed by atoms with Gasteiger partial charge in [0.1, 0.15) is 0 Å². The van der Waals surface area contributed by atoms with Crippen LogP contribution in [0.2, 0.25) is 0 Å². The zero-order chi connectivity index (χ0) is 6.78. The normalized spacial score (nSPS) is 12.8. The van der Waals surface area contributed by atoms with Crippen LogP contribution in [0.1, 0.15) is 0 Å². The molecule has 6 heteroatoms. The minimum Gasteiger partial charge on any atom is -0.189 e. The van der Waals surface area contributed by atoms with E-state index in [9.17, 15) is 17.6 Å². The number of hydrogen-bond acceptors (Lipinski definition) is 1. The average molecular weight is 132 g/mol. The third kappa shape index (κ3) is 1.63. The van der Waals surface area contributed by atoms with E-state index in [2.05, 4.69) is 0 Å². The third-order valence-electron chi connectivity index (χ3n) is 0.325. The van der Waals surface area contributed by atoms with Crippen molar-refractivity contribution in [1.29, 1.82) is 0 Å². The molecule has 0 aromatic heterocycles. The van der Waals surface area contributed by atoms with Gasteiger partial charge in [-0.05, 0) is 5.26 Å². The van der Waals surface area contributed by atoms with Crippen molar-refractivity contribution < 1.29 is 27.7 Å². The van der Waals surface area contributed by atoms with Crippen LogP contribution < -0.4 is 0 Å². The Hall–Kier alpha value is -0.360. The fourth-order valence-electron chi connectivity index (χ4n) is 0.0315. The van der Waals surface area contributed by atoms with Gasteiger partial charge in [0.2, 0.25) is 0 Å². The Morgan fingerprint density at radius 3 is 1.75 bits per heavy atom. The van der Waals surface area contributed by atoms with Crippen molar-refractivity contribution in [1.82, 2.24) is 0 Å². The van der Waals surface area contributed by atoms with Crippen molar-refractivity contribution in [2.24, 2.45) is 0 Å². The summed E-state index contributed by atoms with van der Waals surface area (Å²) < 4.78 is 43.2. The highest BCUT2D eigenvalue weighted by molar-refractivity contribution is 4.70. The van der Waals surface area contributed by atoms with Gasteiger partial charge in [0.05, 0.1) is 0 Å². The molecule has 0 bridgehead atoms. The maximum Gasteiger partial charge on any atom is 0.454 e. The molecule has 0 aromatic rings. The summed E-state index contributed by atoms with van der Waals surface area (Å²) in [5.41, 5.74) is 0. The molecule has 0 aromatic carbocycles. The zero-order valence-corrected chi connectivity index (χ0v) is 3.33. The van der Waals surface area contributed by atoms with Gasteiger partial charge in [-0.15, -0.1) is 4.89 Å². The van der Waals surface area contributed by atoms with Crippen molar-refractivity contribution in [3.8, 4) is 0 Å². The van der Waals surface area contributed by atoms with Crippen LogP contribution in [0, 0.1) is 6.43 Å². The molecule has 0 aliphatic rings. The Bertz CT molecular complexity index is 72.4. The van der Waals surface area contributed by atoms with Crippen LogP contribution in [0.25, 0.3) is 0 Å². The third-order valence-corrected chi connectivity index (χ3v) is 0.325. The summed E-state index contributed by atoms with van der Waals surface area (Å²) >= 11 is 0. The van der Waals surface area contributed by atoms with E-state index in [-0.39, 0.29) is 0 Å². The molecular weight excluding hydrogens is 132 g/mol. The van der Waals surface area contributed by atoms with Gasteiger partial charge in [0, 0.05) is 0 Å². The fraction of sp³-hybridized carbons (Fsp3) is 0.500. The van der Waals surface area contributed by atoms with Gasteiger partial charge in [0.15, 0.2) is 0 Å². The van der Waals surface area contributed by atoms with Gasteiger partial charge in [-0.25, -0.2) is 0 Å². The molecular formula is C2F4O2. The monoisotopic (exact) mass is 132 g/mol. The average Bonchev–Trinajstić information content (AvgIpc) is 1.67. The predicted octanol–water partition coefficient (Wildman–Crippen LogP) is 1.37. The second kappa shape index (κ2) is 2.27. The Morgan fingerprint density at radius 1 is 1.38 bits per heavy atom. The highest BCUT2D eigenvalue weighted by Crippen LogP contribution is 2.28. The highest BCUT2D eigenvalue weighted by atomic mass is 19.3. The Morgan fingerprint density at radius 2 is 1.75 bits per heavy atom. The lowest BCUT2D eigenvalue weighted by atomic mass is 10.7. The number of hydrogen-bond donors (Lipinski definition) is 0. The molecule has 0 spiro atoms. The molecule has 0 atom stereocenters. The molecule has 2 nitrogen and oxygen atoms in total. The van der Waals surface area contributed by atoms with Crippen molar-refractivity contribution in [3.05, 3.63) is 6.43 Å². The molecule has 0 aliphatic heterocycles. The molecule has 0 unspecified atom stereocenters. The first kappa shape index (κ1) is 7.64. The molecule has 2 radical (unpaired) electrons. The predicted molar refractivity (Wildman–Crippen MR) is 12.2 cm³/mol. The fourth-order valence-corrected chi connectivity index (χ4v) is 0.0315. The molecule has 0 saturated heterocycles. The van der Waals surface area contributed by atoms with Gasteiger partial charge in [-0.2, -0.15) is 17.6 Å². The first-order valence-electron chi connectivity index (χ1n) is 1.38. The standard InChI is InChI=1S/C2F4O2/c3-1(4)2(5,6)8-7. The summed E-state index contributed by atoms with van der Waals surface area (Å²) in [5.74, 6) is 0. The van der Waals surface area contributed by atoms with Gasteiger partial charge in [0.25, 0.3) is 0 Å². The second-order valence-electron chi connectivity index (χ2n) is 0.861. The smallest absolute Gasteiger partial charge is 0.189 e. The largest absolute Gasteiger partial charge is 0.454 e. The van der Waals surface area contributed by atoms with Gasteiger partial charge in [-0.1, -0.05) is 0 Å². The van der Waals surface area contributed by atoms with Crippen molar-refractivity contribution in [3.63, 3.8) is 0 Å². The highest BCUT2D eigenvalue weighted by Gasteiger charge is 2.46. The SMILES string of the molecule is [O]OC(F)(F)[C](F)F. The Labute approximate surface area is 41.6 Å². The Balaban J connectivity index is 3.71.